The SMILES string of the molecule is COc1cn(C)nc1C(C)NC(=O)c1cc(-c2cccnc2)nn1C. The Balaban J connectivity index is 1.80. The topological polar surface area (TPSA) is 86.9 Å². The maximum Gasteiger partial charge on any atom is 0.270 e. The van der Waals surface area contributed by atoms with Gasteiger partial charge in [0.25, 0.3) is 5.91 Å². The van der Waals surface area contributed by atoms with Gasteiger partial charge >= 0.3 is 0 Å². The Morgan fingerprint density at radius 2 is 2.12 bits per heavy atom. The van der Waals surface area contributed by atoms with Gasteiger partial charge in [0.15, 0.2) is 5.75 Å². The van der Waals surface area contributed by atoms with Crippen molar-refractivity contribution >= 4 is 5.91 Å². The summed E-state index contributed by atoms with van der Waals surface area (Å²) in [4.78, 5) is 16.7. The van der Waals surface area contributed by atoms with Crippen molar-refractivity contribution in [2.24, 2.45) is 14.1 Å². The lowest BCUT2D eigenvalue weighted by atomic mass is 10.2. The van der Waals surface area contributed by atoms with Crippen LogP contribution in [-0.2, 0) is 14.1 Å². The fourth-order valence-electron chi connectivity index (χ4n) is 2.62. The molecule has 0 bridgehead atoms. The molecule has 0 aromatic carbocycles. The van der Waals surface area contributed by atoms with Crippen LogP contribution in [0.4, 0.5) is 0 Å². The Kier molecular flexibility index (Phi) is 4.51. The molecule has 3 rings (SSSR count). The van der Waals surface area contributed by atoms with Crippen LogP contribution in [0.5, 0.6) is 5.75 Å². The highest BCUT2D eigenvalue weighted by molar-refractivity contribution is 5.93. The molecule has 1 N–H and O–H groups in total. The number of hydrogen-bond donors (Lipinski definition) is 1. The molecule has 0 aliphatic heterocycles. The third-order valence-corrected chi connectivity index (χ3v) is 3.87. The number of methoxy groups -OCH3 is 1. The van der Waals surface area contributed by atoms with Gasteiger partial charge in [-0.2, -0.15) is 10.2 Å². The first kappa shape index (κ1) is 16.7. The lowest BCUT2D eigenvalue weighted by Crippen LogP contribution is -2.29. The molecule has 1 amide bonds. The second-order valence-electron chi connectivity index (χ2n) is 5.73. The van der Waals surface area contributed by atoms with Crippen molar-refractivity contribution in [1.82, 2.24) is 29.9 Å². The zero-order valence-electron chi connectivity index (χ0n) is 14.6. The summed E-state index contributed by atoms with van der Waals surface area (Å²) in [6, 6.07) is 5.17. The fourth-order valence-corrected chi connectivity index (χ4v) is 2.62. The molecule has 8 nitrogen and oxygen atoms in total. The molecule has 130 valence electrons. The summed E-state index contributed by atoms with van der Waals surface area (Å²) in [5.41, 5.74) is 2.69. The molecule has 0 aliphatic carbocycles. The van der Waals surface area contributed by atoms with Gasteiger partial charge in [-0.25, -0.2) is 0 Å². The number of aromatic nitrogens is 5. The summed E-state index contributed by atoms with van der Waals surface area (Å²) in [6.45, 7) is 1.86. The largest absolute Gasteiger partial charge is 0.493 e. The highest BCUT2D eigenvalue weighted by Gasteiger charge is 2.21. The van der Waals surface area contributed by atoms with E-state index in [0.717, 1.165) is 5.56 Å². The predicted octanol–water partition coefficient (Wildman–Crippen LogP) is 1.72. The molecular weight excluding hydrogens is 320 g/mol. The first-order chi connectivity index (χ1) is 12.0. The molecule has 0 spiro atoms. The van der Waals surface area contributed by atoms with Crippen molar-refractivity contribution in [2.45, 2.75) is 13.0 Å². The molecule has 3 heterocycles. The Morgan fingerprint density at radius 1 is 1.32 bits per heavy atom. The normalized spacial score (nSPS) is 12.0. The number of ether oxygens (including phenoxy) is 1. The summed E-state index contributed by atoms with van der Waals surface area (Å²) in [7, 11) is 5.12. The Hall–Kier alpha value is -3.16. The van der Waals surface area contributed by atoms with Crippen LogP contribution in [0.25, 0.3) is 11.3 Å². The van der Waals surface area contributed by atoms with E-state index in [-0.39, 0.29) is 11.9 Å². The van der Waals surface area contributed by atoms with E-state index in [0.29, 0.717) is 22.8 Å². The average Bonchev–Trinajstić information content (AvgIpc) is 3.18. The molecule has 3 aromatic heterocycles. The number of nitrogens with one attached hydrogen (secondary N) is 1. The third kappa shape index (κ3) is 3.37. The number of aryl methyl sites for hydroxylation is 2. The van der Waals surface area contributed by atoms with Gasteiger partial charge in [0, 0.05) is 32.1 Å². The minimum atomic E-state index is -0.305. The van der Waals surface area contributed by atoms with E-state index in [9.17, 15) is 4.79 Å². The van der Waals surface area contributed by atoms with Crippen molar-refractivity contribution in [2.75, 3.05) is 7.11 Å². The monoisotopic (exact) mass is 340 g/mol. The number of carbonyl (C=O) groups is 1. The fraction of sp³-hybridized carbons (Fsp3) is 0.294. The molecule has 0 saturated heterocycles. The Labute approximate surface area is 145 Å². The molecule has 0 aliphatic rings. The van der Waals surface area contributed by atoms with Crippen molar-refractivity contribution in [1.29, 1.82) is 0 Å². The van der Waals surface area contributed by atoms with E-state index in [1.807, 2.05) is 26.1 Å². The van der Waals surface area contributed by atoms with Crippen LogP contribution in [0, 0.1) is 0 Å². The van der Waals surface area contributed by atoms with Gasteiger partial charge in [-0.15, -0.1) is 0 Å². The standard InChI is InChI=1S/C17H20N6O2/c1-11(16-15(25-4)10-22(2)21-16)19-17(24)14-8-13(20-23(14)3)12-6-5-7-18-9-12/h5-11H,1-4H3,(H,19,24). The van der Waals surface area contributed by atoms with Gasteiger partial charge in [-0.1, -0.05) is 0 Å². The van der Waals surface area contributed by atoms with Crippen molar-refractivity contribution < 1.29 is 9.53 Å². The molecular formula is C17H20N6O2. The lowest BCUT2D eigenvalue weighted by molar-refractivity contribution is 0.0929. The first-order valence-electron chi connectivity index (χ1n) is 7.82. The molecule has 0 saturated carbocycles. The van der Waals surface area contributed by atoms with Crippen LogP contribution >= 0.6 is 0 Å². The molecule has 1 atom stereocenters. The molecule has 25 heavy (non-hydrogen) atoms. The average molecular weight is 340 g/mol. The summed E-state index contributed by atoms with van der Waals surface area (Å²) < 4.78 is 8.51. The minimum Gasteiger partial charge on any atom is -0.493 e. The van der Waals surface area contributed by atoms with Crippen LogP contribution in [0.3, 0.4) is 0 Å². The third-order valence-electron chi connectivity index (χ3n) is 3.87. The maximum atomic E-state index is 12.6. The lowest BCUT2D eigenvalue weighted by Gasteiger charge is -2.12. The number of rotatable bonds is 5. The highest BCUT2D eigenvalue weighted by Crippen LogP contribution is 2.23. The smallest absolute Gasteiger partial charge is 0.270 e. The van der Waals surface area contributed by atoms with E-state index in [1.54, 1.807) is 48.2 Å². The van der Waals surface area contributed by atoms with Gasteiger partial charge in [-0.3, -0.25) is 19.1 Å². The van der Waals surface area contributed by atoms with Crippen molar-refractivity contribution in [3.05, 3.63) is 48.2 Å². The van der Waals surface area contributed by atoms with Gasteiger partial charge in [0.2, 0.25) is 0 Å². The minimum absolute atomic E-state index is 0.231. The number of carbonyl (C=O) groups excluding carboxylic acids is 1. The van der Waals surface area contributed by atoms with E-state index in [4.69, 9.17) is 4.74 Å². The summed E-state index contributed by atoms with van der Waals surface area (Å²) in [6.07, 6.45) is 5.18. The summed E-state index contributed by atoms with van der Waals surface area (Å²) in [5.74, 6) is 0.404. The van der Waals surface area contributed by atoms with Crippen LogP contribution < -0.4 is 10.1 Å². The van der Waals surface area contributed by atoms with E-state index >= 15 is 0 Å². The second-order valence-corrected chi connectivity index (χ2v) is 5.73. The summed E-state index contributed by atoms with van der Waals surface area (Å²) in [5, 5.41) is 11.7. The zero-order valence-corrected chi connectivity index (χ0v) is 14.6. The second kappa shape index (κ2) is 6.76. The van der Waals surface area contributed by atoms with Gasteiger partial charge in [0.05, 0.1) is 25.0 Å². The molecule has 3 aromatic rings. The summed E-state index contributed by atoms with van der Waals surface area (Å²) >= 11 is 0. The van der Waals surface area contributed by atoms with Gasteiger partial charge in [-0.05, 0) is 25.1 Å². The van der Waals surface area contributed by atoms with Crippen LogP contribution in [0.15, 0.2) is 36.8 Å². The van der Waals surface area contributed by atoms with Crippen LogP contribution in [0.2, 0.25) is 0 Å². The van der Waals surface area contributed by atoms with Crippen molar-refractivity contribution in [3.63, 3.8) is 0 Å². The molecule has 8 heteroatoms. The molecule has 0 fully saturated rings. The van der Waals surface area contributed by atoms with Crippen LogP contribution in [-0.4, -0.2) is 37.6 Å². The molecule has 1 unspecified atom stereocenters. The van der Waals surface area contributed by atoms with Crippen molar-refractivity contribution in [3.8, 4) is 17.0 Å². The quantitative estimate of drug-likeness (QED) is 0.764. The Bertz CT molecular complexity index is 884. The zero-order chi connectivity index (χ0) is 18.0. The van der Waals surface area contributed by atoms with Gasteiger partial charge in [0.1, 0.15) is 11.4 Å². The number of pyridine rings is 1. The maximum absolute atomic E-state index is 12.6. The van der Waals surface area contributed by atoms with Crippen LogP contribution in [0.1, 0.15) is 29.1 Å². The number of amides is 1. The number of hydrogen-bond acceptors (Lipinski definition) is 5. The molecule has 0 radical (unpaired) electrons. The van der Waals surface area contributed by atoms with E-state index < -0.39 is 0 Å². The Morgan fingerprint density at radius 3 is 2.80 bits per heavy atom. The first-order valence-corrected chi connectivity index (χ1v) is 7.82. The van der Waals surface area contributed by atoms with E-state index in [1.165, 1.54) is 0 Å². The van der Waals surface area contributed by atoms with Gasteiger partial charge < -0.3 is 10.1 Å². The highest BCUT2D eigenvalue weighted by atomic mass is 16.5. The predicted molar refractivity (Wildman–Crippen MR) is 92.1 cm³/mol. The number of nitrogens with zero attached hydrogens (tertiary/aromatic N) is 5. The van der Waals surface area contributed by atoms with E-state index in [2.05, 4.69) is 20.5 Å².